The van der Waals surface area contributed by atoms with Crippen molar-refractivity contribution in [1.82, 2.24) is 14.9 Å². The number of nitrogens with zero attached hydrogens (tertiary/aromatic N) is 3. The predicted molar refractivity (Wildman–Crippen MR) is 89.5 cm³/mol. The van der Waals surface area contributed by atoms with Crippen LogP contribution in [-0.2, 0) is 14.8 Å². The molecule has 26 heavy (non-hydrogen) atoms. The van der Waals surface area contributed by atoms with Gasteiger partial charge in [-0.1, -0.05) is 17.3 Å². The van der Waals surface area contributed by atoms with E-state index in [0.717, 1.165) is 18.7 Å². The van der Waals surface area contributed by atoms with E-state index in [-0.39, 0.29) is 29.2 Å². The first-order valence-electron chi connectivity index (χ1n) is 8.54. The smallest absolute Gasteiger partial charge is 0.255 e. The summed E-state index contributed by atoms with van der Waals surface area (Å²) in [6.07, 6.45) is 3.01. The van der Waals surface area contributed by atoms with Crippen LogP contribution in [-0.4, -0.2) is 31.2 Å². The van der Waals surface area contributed by atoms with Gasteiger partial charge < -0.3 is 9.26 Å². The molecule has 0 radical (unpaired) electrons. The van der Waals surface area contributed by atoms with E-state index in [2.05, 4.69) is 14.9 Å². The van der Waals surface area contributed by atoms with Crippen LogP contribution in [0.2, 0.25) is 0 Å². The maximum absolute atomic E-state index is 12.4. The Morgan fingerprint density at radius 3 is 2.81 bits per heavy atom. The van der Waals surface area contributed by atoms with Gasteiger partial charge >= 0.3 is 0 Å². The van der Waals surface area contributed by atoms with Crippen molar-refractivity contribution in [2.24, 2.45) is 0 Å². The lowest BCUT2D eigenvalue weighted by atomic mass is 10.2. The van der Waals surface area contributed by atoms with Gasteiger partial charge in [-0.25, -0.2) is 13.1 Å². The first-order valence-corrected chi connectivity index (χ1v) is 10.0. The summed E-state index contributed by atoms with van der Waals surface area (Å²) in [4.78, 5) is 4.37. The molecule has 4 rings (SSSR count). The molecular weight excluding hydrogens is 356 g/mol. The Morgan fingerprint density at radius 2 is 2.04 bits per heavy atom. The van der Waals surface area contributed by atoms with E-state index in [1.807, 2.05) is 6.07 Å². The number of nitriles is 1. The fraction of sp³-hybridized carbons (Fsp3) is 0.471. The molecule has 1 saturated heterocycles. The Kier molecular flexibility index (Phi) is 4.48. The fourth-order valence-corrected chi connectivity index (χ4v) is 4.22. The second-order valence-electron chi connectivity index (χ2n) is 6.55. The van der Waals surface area contributed by atoms with E-state index >= 15 is 0 Å². The van der Waals surface area contributed by atoms with E-state index in [0.29, 0.717) is 24.7 Å². The number of sulfonamides is 1. The van der Waals surface area contributed by atoms with Crippen LogP contribution in [0.1, 0.15) is 55.0 Å². The van der Waals surface area contributed by atoms with Gasteiger partial charge in [-0.15, -0.1) is 0 Å². The second-order valence-corrected chi connectivity index (χ2v) is 8.28. The van der Waals surface area contributed by atoms with E-state index in [4.69, 9.17) is 14.5 Å². The average Bonchev–Trinajstić information content (AvgIpc) is 3.19. The number of benzene rings is 1. The van der Waals surface area contributed by atoms with Crippen LogP contribution < -0.4 is 4.72 Å². The summed E-state index contributed by atoms with van der Waals surface area (Å²) in [7, 11) is -3.78. The largest absolute Gasteiger partial charge is 0.364 e. The minimum absolute atomic E-state index is 0.0250. The molecule has 0 bridgehead atoms. The van der Waals surface area contributed by atoms with Gasteiger partial charge in [0.2, 0.25) is 10.0 Å². The number of hydrogen-bond acceptors (Lipinski definition) is 7. The minimum Gasteiger partial charge on any atom is -0.364 e. The summed E-state index contributed by atoms with van der Waals surface area (Å²) in [5, 5.41) is 13.1. The lowest BCUT2D eigenvalue weighted by molar-refractivity contribution is 0.0290. The van der Waals surface area contributed by atoms with Gasteiger partial charge in [-0.2, -0.15) is 10.2 Å². The standard InChI is InChI=1S/C17H18N4O4S/c18-9-12-3-1-2-4-15(12)26(22,23)19-10-13-7-8-14(24-13)17-20-16(21-25-17)11-5-6-11/h1-4,11,13-14,19H,5-8,10H2/t13-,14+/m1/s1. The van der Waals surface area contributed by atoms with Crippen molar-refractivity contribution in [2.75, 3.05) is 6.54 Å². The molecular formula is C17H18N4O4S. The van der Waals surface area contributed by atoms with Crippen molar-refractivity contribution in [2.45, 2.75) is 48.7 Å². The van der Waals surface area contributed by atoms with Crippen LogP contribution in [0, 0.1) is 11.3 Å². The number of ether oxygens (including phenoxy) is 1. The molecule has 2 aromatic rings. The van der Waals surface area contributed by atoms with E-state index in [1.165, 1.54) is 12.1 Å². The maximum Gasteiger partial charge on any atom is 0.255 e. The molecule has 2 heterocycles. The Bertz CT molecular complexity index is 946. The lowest BCUT2D eigenvalue weighted by Gasteiger charge is -2.13. The molecule has 8 nitrogen and oxygen atoms in total. The third-order valence-corrected chi connectivity index (χ3v) is 6.06. The Balaban J connectivity index is 1.37. The van der Waals surface area contributed by atoms with Crippen LogP contribution >= 0.6 is 0 Å². The van der Waals surface area contributed by atoms with Gasteiger partial charge in [0.15, 0.2) is 5.82 Å². The Morgan fingerprint density at radius 1 is 1.23 bits per heavy atom. The van der Waals surface area contributed by atoms with Crippen molar-refractivity contribution >= 4 is 10.0 Å². The van der Waals surface area contributed by atoms with E-state index in [9.17, 15) is 8.42 Å². The number of hydrogen-bond donors (Lipinski definition) is 1. The number of nitrogens with one attached hydrogen (secondary N) is 1. The van der Waals surface area contributed by atoms with Crippen molar-refractivity contribution in [3.8, 4) is 6.07 Å². The molecule has 1 aliphatic heterocycles. The molecule has 0 unspecified atom stereocenters. The van der Waals surface area contributed by atoms with Crippen LogP contribution in [0.5, 0.6) is 0 Å². The monoisotopic (exact) mass is 374 g/mol. The summed E-state index contributed by atoms with van der Waals surface area (Å²) in [6.45, 7) is 0.127. The highest BCUT2D eigenvalue weighted by Crippen LogP contribution is 2.39. The molecule has 1 N–H and O–H groups in total. The normalized spacial score (nSPS) is 23.0. The molecule has 2 fully saturated rings. The minimum atomic E-state index is -3.78. The third-order valence-electron chi connectivity index (χ3n) is 4.58. The fourth-order valence-electron chi connectivity index (χ4n) is 3.00. The Hall–Kier alpha value is -2.28. The van der Waals surface area contributed by atoms with Crippen molar-refractivity contribution in [3.63, 3.8) is 0 Å². The molecule has 9 heteroatoms. The first-order chi connectivity index (χ1) is 12.6. The zero-order valence-corrected chi connectivity index (χ0v) is 14.8. The van der Waals surface area contributed by atoms with Crippen LogP contribution in [0.4, 0.5) is 0 Å². The quantitative estimate of drug-likeness (QED) is 0.821. The molecule has 1 aliphatic carbocycles. The van der Waals surface area contributed by atoms with Crippen molar-refractivity contribution in [1.29, 1.82) is 5.26 Å². The molecule has 0 amide bonds. The second kappa shape index (κ2) is 6.79. The van der Waals surface area contributed by atoms with Gasteiger partial charge in [0.05, 0.1) is 16.6 Å². The van der Waals surface area contributed by atoms with E-state index < -0.39 is 10.0 Å². The zero-order valence-electron chi connectivity index (χ0n) is 14.0. The van der Waals surface area contributed by atoms with Crippen LogP contribution in [0.15, 0.2) is 33.7 Å². The molecule has 2 aliphatic rings. The van der Waals surface area contributed by atoms with Gasteiger partial charge in [0, 0.05) is 12.5 Å². The SMILES string of the molecule is N#Cc1ccccc1S(=O)(=O)NC[C@H]1CC[C@@H](c2nc(C3CC3)no2)O1. The predicted octanol–water partition coefficient (Wildman–Crippen LogP) is 2.02. The van der Waals surface area contributed by atoms with Gasteiger partial charge in [-0.05, 0) is 37.8 Å². The average molecular weight is 374 g/mol. The Labute approximate surface area is 151 Å². The van der Waals surface area contributed by atoms with Gasteiger partial charge in [0.25, 0.3) is 5.89 Å². The highest BCUT2D eigenvalue weighted by atomic mass is 32.2. The molecule has 2 atom stereocenters. The molecule has 136 valence electrons. The molecule has 0 spiro atoms. The lowest BCUT2D eigenvalue weighted by Crippen LogP contribution is -2.32. The van der Waals surface area contributed by atoms with Gasteiger partial charge in [0.1, 0.15) is 12.2 Å². The summed E-state index contributed by atoms with van der Waals surface area (Å²) in [6, 6.07) is 8.00. The summed E-state index contributed by atoms with van der Waals surface area (Å²) in [5.74, 6) is 1.62. The first kappa shape index (κ1) is 17.1. The van der Waals surface area contributed by atoms with Crippen LogP contribution in [0.25, 0.3) is 0 Å². The third kappa shape index (κ3) is 3.49. The summed E-state index contributed by atoms with van der Waals surface area (Å²) in [5.41, 5.74) is 0.115. The topological polar surface area (TPSA) is 118 Å². The zero-order chi connectivity index (χ0) is 18.1. The maximum atomic E-state index is 12.4. The van der Waals surface area contributed by atoms with Crippen molar-refractivity contribution in [3.05, 3.63) is 41.5 Å². The summed E-state index contributed by atoms with van der Waals surface area (Å²) >= 11 is 0. The number of aromatic nitrogens is 2. The molecule has 1 saturated carbocycles. The van der Waals surface area contributed by atoms with Gasteiger partial charge in [-0.3, -0.25) is 0 Å². The molecule has 1 aromatic carbocycles. The summed E-state index contributed by atoms with van der Waals surface area (Å²) < 4.78 is 38.6. The van der Waals surface area contributed by atoms with Crippen molar-refractivity contribution < 1.29 is 17.7 Å². The highest BCUT2D eigenvalue weighted by molar-refractivity contribution is 7.89. The highest BCUT2D eigenvalue weighted by Gasteiger charge is 2.34. The van der Waals surface area contributed by atoms with E-state index in [1.54, 1.807) is 12.1 Å². The molecule has 1 aromatic heterocycles. The van der Waals surface area contributed by atoms with Crippen LogP contribution in [0.3, 0.4) is 0 Å². The number of rotatable bonds is 6.